The van der Waals surface area contributed by atoms with Crippen molar-refractivity contribution in [1.82, 2.24) is 9.78 Å². The molecular formula is C12H14F4N2. The van der Waals surface area contributed by atoms with E-state index in [0.29, 0.717) is 18.4 Å². The topological polar surface area (TPSA) is 17.8 Å². The van der Waals surface area contributed by atoms with Crippen molar-refractivity contribution in [3.63, 3.8) is 0 Å². The lowest BCUT2D eigenvalue weighted by molar-refractivity contribution is 0.0113. The smallest absolute Gasteiger partial charge is 0.271 e. The summed E-state index contributed by atoms with van der Waals surface area (Å²) in [5.74, 6) is -6.40. The van der Waals surface area contributed by atoms with Gasteiger partial charge in [-0.1, -0.05) is 0 Å². The second-order valence-electron chi connectivity index (χ2n) is 5.60. The zero-order valence-corrected chi connectivity index (χ0v) is 10.2. The molecular weight excluding hydrogens is 248 g/mol. The maximum absolute atomic E-state index is 13.5. The summed E-state index contributed by atoms with van der Waals surface area (Å²) in [5, 5.41) is 3.75. The molecule has 1 heterocycles. The first-order valence-corrected chi connectivity index (χ1v) is 5.99. The van der Waals surface area contributed by atoms with E-state index in [1.165, 1.54) is 17.8 Å². The van der Waals surface area contributed by atoms with Crippen molar-refractivity contribution in [3.8, 4) is 0 Å². The van der Waals surface area contributed by atoms with Gasteiger partial charge in [0.15, 0.2) is 0 Å². The van der Waals surface area contributed by atoms with Crippen molar-refractivity contribution in [1.29, 1.82) is 0 Å². The first-order valence-electron chi connectivity index (χ1n) is 5.99. The summed E-state index contributed by atoms with van der Waals surface area (Å²) in [6.07, 6.45) is 2.51. The number of aromatic nitrogens is 2. The minimum atomic E-state index is -3.03. The molecule has 18 heavy (non-hydrogen) atoms. The highest BCUT2D eigenvalue weighted by Gasteiger charge is 2.85. The van der Waals surface area contributed by atoms with Gasteiger partial charge in [0.05, 0.1) is 12.5 Å². The lowest BCUT2D eigenvalue weighted by Gasteiger charge is -2.07. The Labute approximate surface area is 102 Å². The molecule has 2 aliphatic rings. The van der Waals surface area contributed by atoms with E-state index in [-0.39, 0.29) is 12.2 Å². The second kappa shape index (κ2) is 3.08. The van der Waals surface area contributed by atoms with Crippen LogP contribution in [-0.4, -0.2) is 15.7 Å². The first kappa shape index (κ1) is 12.0. The van der Waals surface area contributed by atoms with Crippen molar-refractivity contribution in [3.05, 3.63) is 17.5 Å². The van der Waals surface area contributed by atoms with E-state index < -0.39 is 23.2 Å². The van der Waals surface area contributed by atoms with E-state index in [9.17, 15) is 17.6 Å². The third-order valence-electron chi connectivity index (χ3n) is 4.20. The van der Waals surface area contributed by atoms with Gasteiger partial charge in [0, 0.05) is 18.5 Å². The van der Waals surface area contributed by atoms with Gasteiger partial charge in [0.25, 0.3) is 11.8 Å². The van der Waals surface area contributed by atoms with Crippen LogP contribution >= 0.6 is 0 Å². The van der Waals surface area contributed by atoms with E-state index in [1.807, 2.05) is 0 Å². The maximum Gasteiger partial charge on any atom is 0.289 e. The van der Waals surface area contributed by atoms with Gasteiger partial charge in [-0.25, -0.2) is 8.78 Å². The number of nitrogens with zero attached hydrogens (tertiary/aromatic N) is 2. The van der Waals surface area contributed by atoms with Gasteiger partial charge >= 0.3 is 0 Å². The van der Waals surface area contributed by atoms with Crippen LogP contribution in [0.5, 0.6) is 0 Å². The summed E-state index contributed by atoms with van der Waals surface area (Å²) in [6, 6.07) is 0. The molecule has 2 fully saturated rings. The fourth-order valence-corrected chi connectivity index (χ4v) is 2.93. The van der Waals surface area contributed by atoms with Crippen LogP contribution in [0.2, 0.25) is 0 Å². The summed E-state index contributed by atoms with van der Waals surface area (Å²) in [4.78, 5) is 0. The van der Waals surface area contributed by atoms with Crippen LogP contribution in [0.25, 0.3) is 0 Å². The highest BCUT2D eigenvalue weighted by Crippen LogP contribution is 2.80. The van der Waals surface area contributed by atoms with E-state index in [1.54, 1.807) is 0 Å². The SMILES string of the molecule is Cc1cn(CC2C(F)(F)C23CC3)nc1C(C)(F)F. The number of halogens is 4. The Morgan fingerprint density at radius 2 is 2.06 bits per heavy atom. The molecule has 0 N–H and O–H groups in total. The van der Waals surface area contributed by atoms with Crippen LogP contribution in [0, 0.1) is 18.3 Å². The molecule has 1 spiro atoms. The Morgan fingerprint density at radius 3 is 2.44 bits per heavy atom. The average Bonchev–Trinajstić information content (AvgIpc) is 3.02. The van der Waals surface area contributed by atoms with Gasteiger partial charge in [-0.15, -0.1) is 0 Å². The standard InChI is InChI=1S/C12H14F4N2/c1-7-5-18(17-9(7)10(2,13)14)6-8-11(3-4-11)12(8,15)16/h5,8H,3-4,6H2,1-2H3. The molecule has 1 aromatic rings. The molecule has 1 atom stereocenters. The van der Waals surface area contributed by atoms with Gasteiger partial charge in [-0.3, -0.25) is 4.68 Å². The fraction of sp³-hybridized carbons (Fsp3) is 0.750. The van der Waals surface area contributed by atoms with Crippen molar-refractivity contribution in [2.45, 2.75) is 45.1 Å². The molecule has 2 nitrogen and oxygen atoms in total. The molecule has 0 bridgehead atoms. The molecule has 1 aromatic heterocycles. The monoisotopic (exact) mass is 262 g/mol. The highest BCUT2D eigenvalue weighted by molar-refractivity contribution is 5.26. The minimum absolute atomic E-state index is 0.0317. The minimum Gasteiger partial charge on any atom is -0.271 e. The van der Waals surface area contributed by atoms with Gasteiger partial charge in [0.1, 0.15) is 5.69 Å². The lowest BCUT2D eigenvalue weighted by atomic mass is 10.2. The Kier molecular flexibility index (Phi) is 2.05. The third kappa shape index (κ3) is 1.44. The highest BCUT2D eigenvalue weighted by atomic mass is 19.3. The zero-order valence-electron chi connectivity index (χ0n) is 10.2. The van der Waals surface area contributed by atoms with Gasteiger partial charge in [-0.05, 0) is 25.3 Å². The quantitative estimate of drug-likeness (QED) is 0.764. The molecule has 0 radical (unpaired) electrons. The van der Waals surface area contributed by atoms with E-state index in [2.05, 4.69) is 5.10 Å². The molecule has 2 aliphatic carbocycles. The largest absolute Gasteiger partial charge is 0.289 e. The molecule has 0 aromatic carbocycles. The van der Waals surface area contributed by atoms with Crippen LogP contribution in [0.1, 0.15) is 31.0 Å². The van der Waals surface area contributed by atoms with Gasteiger partial charge < -0.3 is 0 Å². The third-order valence-corrected chi connectivity index (χ3v) is 4.20. The van der Waals surface area contributed by atoms with Crippen molar-refractivity contribution in [2.24, 2.45) is 11.3 Å². The predicted molar refractivity (Wildman–Crippen MR) is 56.6 cm³/mol. The molecule has 0 aliphatic heterocycles. The van der Waals surface area contributed by atoms with Crippen molar-refractivity contribution in [2.75, 3.05) is 0 Å². The average molecular weight is 262 g/mol. The maximum atomic E-state index is 13.5. The normalized spacial score (nSPS) is 27.6. The molecule has 6 heteroatoms. The summed E-state index contributed by atoms with van der Waals surface area (Å²) in [7, 11) is 0. The fourth-order valence-electron chi connectivity index (χ4n) is 2.93. The van der Waals surface area contributed by atoms with Crippen LogP contribution in [0.15, 0.2) is 6.20 Å². The van der Waals surface area contributed by atoms with Crippen LogP contribution in [-0.2, 0) is 12.5 Å². The molecule has 0 amide bonds. The van der Waals surface area contributed by atoms with Gasteiger partial charge in [0.2, 0.25) is 0 Å². The summed E-state index contributed by atoms with van der Waals surface area (Å²) in [6.45, 7) is 2.32. The summed E-state index contributed by atoms with van der Waals surface area (Å²) >= 11 is 0. The predicted octanol–water partition coefficient (Wildman–Crippen LogP) is 3.35. The van der Waals surface area contributed by atoms with Crippen LogP contribution < -0.4 is 0 Å². The lowest BCUT2D eigenvalue weighted by Crippen LogP contribution is -2.12. The van der Waals surface area contributed by atoms with Crippen molar-refractivity contribution < 1.29 is 17.6 Å². The number of aryl methyl sites for hydroxylation is 1. The molecule has 1 unspecified atom stereocenters. The van der Waals surface area contributed by atoms with E-state index in [4.69, 9.17) is 0 Å². The number of hydrogen-bond acceptors (Lipinski definition) is 1. The number of alkyl halides is 4. The molecule has 0 saturated heterocycles. The van der Waals surface area contributed by atoms with E-state index >= 15 is 0 Å². The zero-order chi connectivity index (χ0) is 13.3. The summed E-state index contributed by atoms with van der Waals surface area (Å²) in [5.41, 5.74) is -0.811. The molecule has 3 rings (SSSR count). The second-order valence-corrected chi connectivity index (χ2v) is 5.60. The van der Waals surface area contributed by atoms with Gasteiger partial charge in [-0.2, -0.15) is 13.9 Å². The first-order chi connectivity index (χ1) is 8.18. The van der Waals surface area contributed by atoms with E-state index in [0.717, 1.165) is 6.92 Å². The Balaban J connectivity index is 1.80. The van der Waals surface area contributed by atoms with Crippen LogP contribution in [0.4, 0.5) is 17.6 Å². The Bertz CT molecular complexity index is 493. The van der Waals surface area contributed by atoms with Crippen LogP contribution in [0.3, 0.4) is 0 Å². The Morgan fingerprint density at radius 1 is 1.44 bits per heavy atom. The number of hydrogen-bond donors (Lipinski definition) is 0. The molecule has 100 valence electrons. The number of rotatable bonds is 3. The Hall–Kier alpha value is -1.07. The van der Waals surface area contributed by atoms with Crippen molar-refractivity contribution >= 4 is 0 Å². The summed E-state index contributed by atoms with van der Waals surface area (Å²) < 4.78 is 54.5. The molecule has 2 saturated carbocycles.